The number of aromatic amines is 1. The van der Waals surface area contributed by atoms with Gasteiger partial charge in [0, 0.05) is 28.7 Å². The standard InChI is InChI=1S/C21H16F2N2O/c1-2-5-19(26)25-11-10-15-14-6-3-4-7-18(14)24-20(15)21(25)16-12-13(22)8-9-17(16)23/h3-4,6-9,12,21,24H,10-11H2,1H3. The van der Waals surface area contributed by atoms with E-state index in [1.165, 1.54) is 4.90 Å². The van der Waals surface area contributed by atoms with E-state index in [1.54, 1.807) is 6.92 Å². The van der Waals surface area contributed by atoms with Gasteiger partial charge in [0.05, 0.1) is 0 Å². The van der Waals surface area contributed by atoms with Gasteiger partial charge in [0.2, 0.25) is 0 Å². The van der Waals surface area contributed by atoms with Gasteiger partial charge in [0.1, 0.15) is 17.7 Å². The van der Waals surface area contributed by atoms with Crippen molar-refractivity contribution >= 4 is 16.8 Å². The fourth-order valence-electron chi connectivity index (χ4n) is 3.69. The summed E-state index contributed by atoms with van der Waals surface area (Å²) >= 11 is 0. The summed E-state index contributed by atoms with van der Waals surface area (Å²) in [6, 6.07) is 10.4. The molecule has 1 aliphatic heterocycles. The van der Waals surface area contributed by atoms with Crippen LogP contribution in [-0.2, 0) is 11.2 Å². The van der Waals surface area contributed by atoms with Crippen LogP contribution in [0.2, 0.25) is 0 Å². The number of H-pyrrole nitrogens is 1. The topological polar surface area (TPSA) is 36.1 Å². The first-order valence-corrected chi connectivity index (χ1v) is 8.38. The molecule has 1 aromatic heterocycles. The minimum absolute atomic E-state index is 0.128. The number of rotatable bonds is 1. The quantitative estimate of drug-likeness (QED) is 0.663. The van der Waals surface area contributed by atoms with Gasteiger partial charge in [-0.3, -0.25) is 4.79 Å². The van der Waals surface area contributed by atoms with Crippen LogP contribution in [0.4, 0.5) is 8.78 Å². The zero-order valence-corrected chi connectivity index (χ0v) is 14.1. The summed E-state index contributed by atoms with van der Waals surface area (Å²) in [4.78, 5) is 17.3. The molecule has 1 amide bonds. The van der Waals surface area contributed by atoms with E-state index in [-0.39, 0.29) is 5.56 Å². The number of aromatic nitrogens is 1. The van der Waals surface area contributed by atoms with Crippen LogP contribution in [0.15, 0.2) is 42.5 Å². The normalized spacial score (nSPS) is 16.1. The number of carbonyl (C=O) groups excluding carboxylic acids is 1. The molecule has 0 spiro atoms. The van der Waals surface area contributed by atoms with Gasteiger partial charge in [-0.25, -0.2) is 8.78 Å². The van der Waals surface area contributed by atoms with Crippen LogP contribution in [0.25, 0.3) is 10.9 Å². The van der Waals surface area contributed by atoms with E-state index < -0.39 is 23.6 Å². The monoisotopic (exact) mass is 350 g/mol. The number of hydrogen-bond acceptors (Lipinski definition) is 1. The van der Waals surface area contributed by atoms with Crippen LogP contribution in [0, 0.1) is 23.5 Å². The number of halogens is 2. The minimum atomic E-state index is -0.741. The molecular formula is C21H16F2N2O. The van der Waals surface area contributed by atoms with Gasteiger partial charge in [0.25, 0.3) is 5.91 Å². The molecule has 4 rings (SSSR count). The van der Waals surface area contributed by atoms with Crippen molar-refractivity contribution in [2.45, 2.75) is 19.4 Å². The van der Waals surface area contributed by atoms with Crippen molar-refractivity contribution in [3.8, 4) is 11.8 Å². The smallest absolute Gasteiger partial charge is 0.299 e. The van der Waals surface area contributed by atoms with Crippen LogP contribution in [-0.4, -0.2) is 22.3 Å². The SMILES string of the molecule is CC#CC(=O)N1CCc2c([nH]c3ccccc23)C1c1cc(F)ccc1F. The Hall–Kier alpha value is -3.13. The first kappa shape index (κ1) is 16.3. The van der Waals surface area contributed by atoms with Crippen molar-refractivity contribution in [2.24, 2.45) is 0 Å². The van der Waals surface area contributed by atoms with Crippen molar-refractivity contribution in [2.75, 3.05) is 6.54 Å². The van der Waals surface area contributed by atoms with Gasteiger partial charge in [0.15, 0.2) is 0 Å². The lowest BCUT2D eigenvalue weighted by molar-refractivity contribution is -0.127. The summed E-state index contributed by atoms with van der Waals surface area (Å²) in [6.45, 7) is 1.97. The van der Waals surface area contributed by atoms with Crippen molar-refractivity contribution in [3.63, 3.8) is 0 Å². The molecule has 0 aliphatic carbocycles. The molecular weight excluding hydrogens is 334 g/mol. The van der Waals surface area contributed by atoms with Gasteiger partial charge in [-0.05, 0) is 49.1 Å². The second-order valence-corrected chi connectivity index (χ2v) is 6.25. The van der Waals surface area contributed by atoms with Crippen LogP contribution in [0.3, 0.4) is 0 Å². The summed E-state index contributed by atoms with van der Waals surface area (Å²) in [7, 11) is 0. The lowest BCUT2D eigenvalue weighted by Gasteiger charge is -2.35. The van der Waals surface area contributed by atoms with E-state index in [9.17, 15) is 13.6 Å². The second kappa shape index (κ2) is 6.30. The Kier molecular flexibility index (Phi) is 3.96. The van der Waals surface area contributed by atoms with Crippen molar-refractivity contribution in [3.05, 3.63) is 70.9 Å². The maximum Gasteiger partial charge on any atom is 0.299 e. The number of fused-ring (bicyclic) bond motifs is 3. The highest BCUT2D eigenvalue weighted by molar-refractivity contribution is 5.95. The third-order valence-corrected chi connectivity index (χ3v) is 4.78. The van der Waals surface area contributed by atoms with E-state index in [4.69, 9.17) is 0 Å². The highest BCUT2D eigenvalue weighted by Crippen LogP contribution is 2.39. The van der Waals surface area contributed by atoms with Crippen molar-refractivity contribution < 1.29 is 13.6 Å². The number of amides is 1. The lowest BCUT2D eigenvalue weighted by Crippen LogP contribution is -2.40. The van der Waals surface area contributed by atoms with E-state index >= 15 is 0 Å². The summed E-state index contributed by atoms with van der Waals surface area (Å²) in [5.74, 6) is 3.62. The average Bonchev–Trinajstić information content (AvgIpc) is 3.02. The van der Waals surface area contributed by atoms with Crippen molar-refractivity contribution in [1.82, 2.24) is 9.88 Å². The average molecular weight is 350 g/mol. The second-order valence-electron chi connectivity index (χ2n) is 6.25. The summed E-state index contributed by atoms with van der Waals surface area (Å²) < 4.78 is 28.4. The first-order chi connectivity index (χ1) is 12.6. The fourth-order valence-corrected chi connectivity index (χ4v) is 3.69. The maximum absolute atomic E-state index is 14.6. The van der Waals surface area contributed by atoms with E-state index in [0.717, 1.165) is 34.7 Å². The van der Waals surface area contributed by atoms with Gasteiger partial charge in [-0.1, -0.05) is 24.1 Å². The molecule has 1 atom stereocenters. The Morgan fingerprint density at radius 1 is 1.23 bits per heavy atom. The van der Waals surface area contributed by atoms with Crippen LogP contribution >= 0.6 is 0 Å². The van der Waals surface area contributed by atoms with E-state index in [1.807, 2.05) is 24.3 Å². The van der Waals surface area contributed by atoms with Crippen LogP contribution < -0.4 is 0 Å². The summed E-state index contributed by atoms with van der Waals surface area (Å²) in [6.07, 6.45) is 0.629. The van der Waals surface area contributed by atoms with Gasteiger partial charge in [-0.15, -0.1) is 0 Å². The third kappa shape index (κ3) is 2.55. The van der Waals surface area contributed by atoms with Gasteiger partial charge >= 0.3 is 0 Å². The number of nitrogens with zero attached hydrogens (tertiary/aromatic N) is 1. The highest BCUT2D eigenvalue weighted by Gasteiger charge is 2.35. The number of benzene rings is 2. The lowest BCUT2D eigenvalue weighted by atomic mass is 9.92. The first-order valence-electron chi connectivity index (χ1n) is 8.38. The van der Waals surface area contributed by atoms with E-state index in [0.29, 0.717) is 18.7 Å². The summed E-state index contributed by atoms with van der Waals surface area (Å²) in [5.41, 5.74) is 2.79. The molecule has 1 unspecified atom stereocenters. The Bertz CT molecular complexity index is 1070. The molecule has 0 saturated heterocycles. The fraction of sp³-hybridized carbons (Fsp3) is 0.190. The molecule has 0 radical (unpaired) electrons. The molecule has 0 saturated carbocycles. The molecule has 0 bridgehead atoms. The predicted octanol–water partition coefficient (Wildman–Crippen LogP) is 3.94. The molecule has 2 aromatic carbocycles. The molecule has 26 heavy (non-hydrogen) atoms. The predicted molar refractivity (Wildman–Crippen MR) is 95.4 cm³/mol. The Balaban J connectivity index is 1.96. The summed E-state index contributed by atoms with van der Waals surface area (Å²) in [5, 5.41) is 1.04. The molecule has 130 valence electrons. The van der Waals surface area contributed by atoms with Crippen LogP contribution in [0.5, 0.6) is 0 Å². The van der Waals surface area contributed by atoms with E-state index in [2.05, 4.69) is 16.8 Å². The zero-order chi connectivity index (χ0) is 18.3. The minimum Gasteiger partial charge on any atom is -0.356 e. The van der Waals surface area contributed by atoms with Crippen LogP contribution in [0.1, 0.15) is 29.8 Å². The number of nitrogens with one attached hydrogen (secondary N) is 1. The molecule has 1 aliphatic rings. The molecule has 3 aromatic rings. The third-order valence-electron chi connectivity index (χ3n) is 4.78. The number of para-hydroxylation sites is 1. The molecule has 1 N–H and O–H groups in total. The van der Waals surface area contributed by atoms with Gasteiger partial charge < -0.3 is 9.88 Å². The van der Waals surface area contributed by atoms with Crippen molar-refractivity contribution in [1.29, 1.82) is 0 Å². The number of hydrogen-bond donors (Lipinski definition) is 1. The highest BCUT2D eigenvalue weighted by atomic mass is 19.1. The molecule has 0 fully saturated rings. The largest absolute Gasteiger partial charge is 0.356 e. The molecule has 5 heteroatoms. The Labute approximate surface area is 149 Å². The zero-order valence-electron chi connectivity index (χ0n) is 14.1. The maximum atomic E-state index is 14.6. The van der Waals surface area contributed by atoms with Gasteiger partial charge in [-0.2, -0.15) is 0 Å². The molecule has 3 nitrogen and oxygen atoms in total. The Morgan fingerprint density at radius 2 is 2.04 bits per heavy atom. The number of carbonyl (C=O) groups is 1. The Morgan fingerprint density at radius 3 is 2.85 bits per heavy atom. The molecule has 2 heterocycles.